The van der Waals surface area contributed by atoms with Gasteiger partial charge in [0.25, 0.3) is 0 Å². The lowest BCUT2D eigenvalue weighted by Gasteiger charge is -2.01. The lowest BCUT2D eigenvalue weighted by Crippen LogP contribution is -1.99. The Morgan fingerprint density at radius 2 is 1.73 bits per heavy atom. The fraction of sp³-hybridized carbons (Fsp3) is 0.750. The summed E-state index contributed by atoms with van der Waals surface area (Å²) in [5.41, 5.74) is 0. The maximum atomic E-state index is 10.5. The van der Waals surface area contributed by atoms with E-state index in [2.05, 4.69) is 32.7 Å². The molecule has 0 aromatic rings. The molecular formula is C12H21IO2. The van der Waals surface area contributed by atoms with Crippen molar-refractivity contribution in [3.05, 3.63) is 10.2 Å². The van der Waals surface area contributed by atoms with Crippen LogP contribution in [0.5, 0.6) is 0 Å². The minimum atomic E-state index is -0.166. The molecule has 0 bridgehead atoms. The predicted octanol–water partition coefficient (Wildman–Crippen LogP) is 4.23. The molecule has 0 unspecified atom stereocenters. The van der Waals surface area contributed by atoms with Crippen LogP contribution >= 0.6 is 22.6 Å². The Bertz CT molecular complexity index is 178. The fourth-order valence-electron chi connectivity index (χ4n) is 1.35. The van der Waals surface area contributed by atoms with E-state index in [0.29, 0.717) is 6.61 Å². The molecule has 0 heterocycles. The third-order valence-electron chi connectivity index (χ3n) is 2.16. The average molecular weight is 324 g/mol. The summed E-state index contributed by atoms with van der Waals surface area (Å²) in [5.74, 6) is -0.166. The first-order chi connectivity index (χ1) is 7.27. The maximum absolute atomic E-state index is 10.5. The van der Waals surface area contributed by atoms with Gasteiger partial charge in [-0.2, -0.15) is 0 Å². The molecule has 0 aromatic heterocycles. The highest BCUT2D eigenvalue weighted by atomic mass is 127. The van der Waals surface area contributed by atoms with Crippen LogP contribution < -0.4 is 0 Å². The minimum absolute atomic E-state index is 0.166. The molecular weight excluding hydrogens is 303 g/mol. The summed E-state index contributed by atoms with van der Waals surface area (Å²) in [6, 6.07) is 0. The van der Waals surface area contributed by atoms with Gasteiger partial charge in [-0.15, -0.1) is 0 Å². The Morgan fingerprint density at radius 3 is 2.33 bits per heavy atom. The number of unbranched alkanes of at least 4 members (excludes halogenated alkanes) is 6. The predicted molar refractivity (Wildman–Crippen MR) is 72.1 cm³/mol. The van der Waals surface area contributed by atoms with Gasteiger partial charge in [0.2, 0.25) is 0 Å². The zero-order valence-corrected chi connectivity index (χ0v) is 11.7. The lowest BCUT2D eigenvalue weighted by atomic mass is 10.1. The van der Waals surface area contributed by atoms with Crippen LogP contribution in [-0.2, 0) is 9.53 Å². The molecule has 0 fully saturated rings. The Balaban J connectivity index is 2.95. The number of carbonyl (C=O) groups is 1. The van der Waals surface area contributed by atoms with E-state index in [0.717, 1.165) is 6.42 Å². The van der Waals surface area contributed by atoms with Gasteiger partial charge in [-0.25, -0.2) is 0 Å². The molecule has 0 aliphatic rings. The van der Waals surface area contributed by atoms with Gasteiger partial charge < -0.3 is 4.74 Å². The number of ether oxygens (including phenoxy) is 1. The first kappa shape index (κ1) is 14.9. The average Bonchev–Trinajstić information content (AvgIpc) is 2.20. The van der Waals surface area contributed by atoms with Crippen LogP contribution in [0.4, 0.5) is 0 Å². The number of hydrogen-bond donors (Lipinski definition) is 0. The van der Waals surface area contributed by atoms with Crippen LogP contribution in [0.1, 0.15) is 51.9 Å². The molecule has 15 heavy (non-hydrogen) atoms. The van der Waals surface area contributed by atoms with Gasteiger partial charge in [0.15, 0.2) is 0 Å². The molecule has 0 N–H and O–H groups in total. The smallest absolute Gasteiger partial charge is 0.302 e. The van der Waals surface area contributed by atoms with Crippen LogP contribution in [0.3, 0.4) is 0 Å². The third-order valence-corrected chi connectivity index (χ3v) is 2.67. The molecule has 2 nitrogen and oxygen atoms in total. The SMILES string of the molecule is CC(=O)OCCCCCCCC/C=C/I. The van der Waals surface area contributed by atoms with Gasteiger partial charge >= 0.3 is 5.97 Å². The monoisotopic (exact) mass is 324 g/mol. The van der Waals surface area contributed by atoms with E-state index in [1.54, 1.807) is 0 Å². The van der Waals surface area contributed by atoms with E-state index in [-0.39, 0.29) is 5.97 Å². The molecule has 3 heteroatoms. The molecule has 0 amide bonds. The van der Waals surface area contributed by atoms with Gasteiger partial charge in [0, 0.05) is 6.92 Å². The van der Waals surface area contributed by atoms with Gasteiger partial charge in [-0.05, 0) is 23.3 Å². The summed E-state index contributed by atoms with van der Waals surface area (Å²) in [7, 11) is 0. The molecule has 0 saturated heterocycles. The molecule has 0 atom stereocenters. The summed E-state index contributed by atoms with van der Waals surface area (Å²) in [6.07, 6.45) is 10.8. The van der Waals surface area contributed by atoms with Crippen LogP contribution in [0.15, 0.2) is 10.2 Å². The first-order valence-electron chi connectivity index (χ1n) is 5.66. The summed E-state index contributed by atoms with van der Waals surface area (Å²) in [5, 5.41) is 0. The molecule has 0 aromatic carbocycles. The molecule has 0 aliphatic carbocycles. The number of esters is 1. The summed E-state index contributed by atoms with van der Waals surface area (Å²) < 4.78 is 6.93. The second kappa shape index (κ2) is 12.0. The Labute approximate surface area is 107 Å². The van der Waals surface area contributed by atoms with E-state index >= 15 is 0 Å². The van der Waals surface area contributed by atoms with Gasteiger partial charge in [0.05, 0.1) is 6.61 Å². The van der Waals surface area contributed by atoms with Crippen LogP contribution in [0.25, 0.3) is 0 Å². The van der Waals surface area contributed by atoms with Crippen molar-refractivity contribution in [3.63, 3.8) is 0 Å². The summed E-state index contributed by atoms with van der Waals surface area (Å²) in [6.45, 7) is 2.05. The van der Waals surface area contributed by atoms with Gasteiger partial charge in [0.1, 0.15) is 0 Å². The Hall–Kier alpha value is -0.0600. The van der Waals surface area contributed by atoms with E-state index in [9.17, 15) is 4.79 Å². The number of hydrogen-bond acceptors (Lipinski definition) is 2. The van der Waals surface area contributed by atoms with Crippen molar-refractivity contribution < 1.29 is 9.53 Å². The quantitative estimate of drug-likeness (QED) is 0.360. The van der Waals surface area contributed by atoms with Crippen molar-refractivity contribution in [1.29, 1.82) is 0 Å². The van der Waals surface area contributed by atoms with Crippen molar-refractivity contribution >= 4 is 28.6 Å². The van der Waals surface area contributed by atoms with Crippen LogP contribution in [0, 0.1) is 0 Å². The van der Waals surface area contributed by atoms with E-state index in [4.69, 9.17) is 4.74 Å². The topological polar surface area (TPSA) is 26.3 Å². The second-order valence-corrected chi connectivity index (χ2v) is 4.33. The van der Waals surface area contributed by atoms with Crippen molar-refractivity contribution in [2.75, 3.05) is 6.61 Å². The highest BCUT2D eigenvalue weighted by molar-refractivity contribution is 14.1. The largest absolute Gasteiger partial charge is 0.466 e. The molecule has 0 radical (unpaired) electrons. The highest BCUT2D eigenvalue weighted by Crippen LogP contribution is 2.08. The standard InChI is InChI=1S/C12H21IO2/c1-12(14)15-11-9-7-5-3-2-4-6-8-10-13/h8,10H,2-7,9,11H2,1H3/b10-8+. The second-order valence-electron chi connectivity index (χ2n) is 3.61. The van der Waals surface area contributed by atoms with Gasteiger partial charge in [-0.3, -0.25) is 4.79 Å². The molecule has 0 aliphatic heterocycles. The number of allylic oxidation sites excluding steroid dienone is 1. The molecule has 0 rings (SSSR count). The van der Waals surface area contributed by atoms with Crippen molar-refractivity contribution in [3.8, 4) is 0 Å². The zero-order chi connectivity index (χ0) is 11.4. The van der Waals surface area contributed by atoms with E-state index < -0.39 is 0 Å². The van der Waals surface area contributed by atoms with Crippen molar-refractivity contribution in [2.45, 2.75) is 51.9 Å². The van der Waals surface area contributed by atoms with Crippen molar-refractivity contribution in [1.82, 2.24) is 0 Å². The first-order valence-corrected chi connectivity index (χ1v) is 6.90. The van der Waals surface area contributed by atoms with Crippen LogP contribution in [0.2, 0.25) is 0 Å². The van der Waals surface area contributed by atoms with Crippen molar-refractivity contribution in [2.24, 2.45) is 0 Å². The van der Waals surface area contributed by atoms with E-state index in [1.165, 1.54) is 45.4 Å². The van der Waals surface area contributed by atoms with E-state index in [1.807, 2.05) is 0 Å². The lowest BCUT2D eigenvalue weighted by molar-refractivity contribution is -0.141. The number of rotatable bonds is 9. The summed E-state index contributed by atoms with van der Waals surface area (Å²) >= 11 is 2.25. The normalized spacial score (nSPS) is 10.8. The Kier molecular flexibility index (Phi) is 12.0. The van der Waals surface area contributed by atoms with Crippen LogP contribution in [-0.4, -0.2) is 12.6 Å². The number of halogens is 1. The molecule has 0 saturated carbocycles. The number of carbonyl (C=O) groups excluding carboxylic acids is 1. The molecule has 88 valence electrons. The minimum Gasteiger partial charge on any atom is -0.466 e. The zero-order valence-electron chi connectivity index (χ0n) is 9.51. The Morgan fingerprint density at radius 1 is 1.13 bits per heavy atom. The fourth-order valence-corrected chi connectivity index (χ4v) is 1.71. The summed E-state index contributed by atoms with van der Waals surface area (Å²) in [4.78, 5) is 10.5. The third kappa shape index (κ3) is 13.9. The maximum Gasteiger partial charge on any atom is 0.302 e. The molecule has 0 spiro atoms. The van der Waals surface area contributed by atoms with Gasteiger partial charge in [-0.1, -0.05) is 54.4 Å². The highest BCUT2D eigenvalue weighted by Gasteiger charge is 1.93.